The minimum Gasteiger partial charge on any atom is -0.496 e. The SMILES string of the molecule is COc1ccccc1CCNc1ccc(C(=O)NCc2ccco2)nc1. The quantitative estimate of drug-likeness (QED) is 0.651. The van der Waals surface area contributed by atoms with Crippen molar-refractivity contribution in [3.8, 4) is 5.75 Å². The van der Waals surface area contributed by atoms with Crippen LogP contribution >= 0.6 is 0 Å². The fourth-order valence-corrected chi connectivity index (χ4v) is 2.55. The first kappa shape index (κ1) is 17.5. The Bertz CT molecular complexity index is 830. The summed E-state index contributed by atoms with van der Waals surface area (Å²) in [6.07, 6.45) is 4.06. The summed E-state index contributed by atoms with van der Waals surface area (Å²) in [5.41, 5.74) is 2.37. The summed E-state index contributed by atoms with van der Waals surface area (Å²) in [6.45, 7) is 1.08. The summed E-state index contributed by atoms with van der Waals surface area (Å²) >= 11 is 0. The maximum absolute atomic E-state index is 12.1. The van der Waals surface area contributed by atoms with Crippen LogP contribution < -0.4 is 15.4 Å². The third kappa shape index (κ3) is 4.63. The van der Waals surface area contributed by atoms with Gasteiger partial charge in [0.15, 0.2) is 0 Å². The fraction of sp³-hybridized carbons (Fsp3) is 0.200. The van der Waals surface area contributed by atoms with Gasteiger partial charge < -0.3 is 19.8 Å². The van der Waals surface area contributed by atoms with E-state index in [0.717, 1.165) is 30.0 Å². The van der Waals surface area contributed by atoms with Gasteiger partial charge in [-0.15, -0.1) is 0 Å². The van der Waals surface area contributed by atoms with Crippen molar-refractivity contribution in [1.82, 2.24) is 10.3 Å². The first-order chi connectivity index (χ1) is 12.8. The van der Waals surface area contributed by atoms with E-state index in [0.29, 0.717) is 18.0 Å². The number of nitrogens with zero attached hydrogens (tertiary/aromatic N) is 1. The number of aromatic nitrogens is 1. The molecule has 6 heteroatoms. The zero-order valence-electron chi connectivity index (χ0n) is 14.6. The highest BCUT2D eigenvalue weighted by atomic mass is 16.5. The molecular weight excluding hydrogens is 330 g/mol. The molecule has 0 atom stereocenters. The molecule has 0 aliphatic carbocycles. The first-order valence-electron chi connectivity index (χ1n) is 8.38. The molecule has 0 radical (unpaired) electrons. The Morgan fingerprint density at radius 2 is 2.04 bits per heavy atom. The molecule has 0 bridgehead atoms. The van der Waals surface area contributed by atoms with E-state index >= 15 is 0 Å². The lowest BCUT2D eigenvalue weighted by Crippen LogP contribution is -2.23. The lowest BCUT2D eigenvalue weighted by Gasteiger charge is -2.10. The number of pyridine rings is 1. The van der Waals surface area contributed by atoms with E-state index in [1.54, 1.807) is 31.7 Å². The van der Waals surface area contributed by atoms with Crippen LogP contribution in [-0.4, -0.2) is 24.5 Å². The van der Waals surface area contributed by atoms with E-state index in [1.807, 2.05) is 36.4 Å². The molecule has 134 valence electrons. The van der Waals surface area contributed by atoms with Crippen LogP contribution in [-0.2, 0) is 13.0 Å². The van der Waals surface area contributed by atoms with E-state index in [9.17, 15) is 4.79 Å². The van der Waals surface area contributed by atoms with Gasteiger partial charge in [0.25, 0.3) is 5.91 Å². The van der Waals surface area contributed by atoms with Crippen molar-refractivity contribution in [1.29, 1.82) is 0 Å². The second kappa shape index (κ2) is 8.71. The van der Waals surface area contributed by atoms with Crippen LogP contribution in [0.4, 0.5) is 5.69 Å². The molecule has 6 nitrogen and oxygen atoms in total. The van der Waals surface area contributed by atoms with Gasteiger partial charge in [-0.2, -0.15) is 0 Å². The van der Waals surface area contributed by atoms with Gasteiger partial charge in [-0.05, 0) is 42.3 Å². The number of carbonyl (C=O) groups is 1. The average molecular weight is 351 g/mol. The zero-order valence-corrected chi connectivity index (χ0v) is 14.6. The molecule has 26 heavy (non-hydrogen) atoms. The average Bonchev–Trinajstić information content (AvgIpc) is 3.20. The third-order valence-electron chi connectivity index (χ3n) is 3.92. The van der Waals surface area contributed by atoms with Crippen molar-refractivity contribution in [2.75, 3.05) is 19.0 Å². The number of benzene rings is 1. The fourth-order valence-electron chi connectivity index (χ4n) is 2.55. The number of amides is 1. The largest absolute Gasteiger partial charge is 0.496 e. The molecule has 0 fully saturated rings. The molecule has 1 amide bonds. The molecule has 0 aliphatic heterocycles. The van der Waals surface area contributed by atoms with Crippen molar-refractivity contribution in [3.63, 3.8) is 0 Å². The van der Waals surface area contributed by atoms with Crippen molar-refractivity contribution < 1.29 is 13.9 Å². The highest BCUT2D eigenvalue weighted by molar-refractivity contribution is 5.92. The predicted octanol–water partition coefficient (Wildman–Crippen LogP) is 3.27. The number of para-hydroxylation sites is 1. The molecule has 0 unspecified atom stereocenters. The number of methoxy groups -OCH3 is 1. The van der Waals surface area contributed by atoms with Gasteiger partial charge in [0, 0.05) is 6.54 Å². The van der Waals surface area contributed by atoms with Crippen molar-refractivity contribution >= 4 is 11.6 Å². The van der Waals surface area contributed by atoms with Crippen LogP contribution in [0.15, 0.2) is 65.4 Å². The molecule has 3 rings (SSSR count). The lowest BCUT2D eigenvalue weighted by atomic mass is 10.1. The van der Waals surface area contributed by atoms with Crippen molar-refractivity contribution in [3.05, 3.63) is 78.0 Å². The Kier molecular flexibility index (Phi) is 5.88. The Morgan fingerprint density at radius 1 is 1.15 bits per heavy atom. The zero-order chi connectivity index (χ0) is 18.2. The molecule has 3 aromatic rings. The van der Waals surface area contributed by atoms with Gasteiger partial charge in [0.2, 0.25) is 0 Å². The number of nitrogens with one attached hydrogen (secondary N) is 2. The maximum Gasteiger partial charge on any atom is 0.270 e. The smallest absolute Gasteiger partial charge is 0.270 e. The normalized spacial score (nSPS) is 10.3. The van der Waals surface area contributed by atoms with Crippen molar-refractivity contribution in [2.45, 2.75) is 13.0 Å². The monoisotopic (exact) mass is 351 g/mol. The number of carbonyl (C=O) groups excluding carboxylic acids is 1. The summed E-state index contributed by atoms with van der Waals surface area (Å²) in [5.74, 6) is 1.35. The Hall–Kier alpha value is -3.28. The summed E-state index contributed by atoms with van der Waals surface area (Å²) in [7, 11) is 1.67. The number of hydrogen-bond acceptors (Lipinski definition) is 5. The number of anilines is 1. The minimum atomic E-state index is -0.234. The van der Waals surface area contributed by atoms with Crippen molar-refractivity contribution in [2.24, 2.45) is 0 Å². The van der Waals surface area contributed by atoms with E-state index in [-0.39, 0.29) is 5.91 Å². The Balaban J connectivity index is 1.48. The molecule has 2 N–H and O–H groups in total. The van der Waals surface area contributed by atoms with E-state index in [1.165, 1.54) is 0 Å². The van der Waals surface area contributed by atoms with Crippen LogP contribution in [0.2, 0.25) is 0 Å². The van der Waals surface area contributed by atoms with Gasteiger partial charge in [-0.3, -0.25) is 4.79 Å². The Labute approximate surface area is 152 Å². The van der Waals surface area contributed by atoms with E-state index < -0.39 is 0 Å². The Morgan fingerprint density at radius 3 is 2.77 bits per heavy atom. The van der Waals surface area contributed by atoms with Crippen LogP contribution in [0, 0.1) is 0 Å². The molecule has 2 heterocycles. The number of rotatable bonds is 8. The highest BCUT2D eigenvalue weighted by Crippen LogP contribution is 2.18. The lowest BCUT2D eigenvalue weighted by molar-refractivity contribution is 0.0943. The van der Waals surface area contributed by atoms with Crippen LogP contribution in [0.5, 0.6) is 5.75 Å². The van der Waals surface area contributed by atoms with E-state index in [2.05, 4.69) is 15.6 Å². The van der Waals surface area contributed by atoms with Crippen LogP contribution in [0.1, 0.15) is 21.8 Å². The second-order valence-electron chi connectivity index (χ2n) is 5.68. The van der Waals surface area contributed by atoms with Gasteiger partial charge in [-0.25, -0.2) is 4.98 Å². The molecule has 2 aromatic heterocycles. The summed E-state index contributed by atoms with van der Waals surface area (Å²) < 4.78 is 10.5. The van der Waals surface area contributed by atoms with Crippen LogP contribution in [0.25, 0.3) is 0 Å². The first-order valence-corrected chi connectivity index (χ1v) is 8.38. The van der Waals surface area contributed by atoms with Gasteiger partial charge in [0.05, 0.1) is 31.8 Å². The third-order valence-corrected chi connectivity index (χ3v) is 3.92. The number of ether oxygens (including phenoxy) is 1. The minimum absolute atomic E-state index is 0.234. The summed E-state index contributed by atoms with van der Waals surface area (Å²) in [5, 5.41) is 6.07. The molecule has 0 saturated carbocycles. The molecule has 0 spiro atoms. The molecule has 1 aromatic carbocycles. The number of hydrogen-bond donors (Lipinski definition) is 2. The molecular formula is C20H21N3O3. The van der Waals surface area contributed by atoms with Gasteiger partial charge in [0.1, 0.15) is 17.2 Å². The summed E-state index contributed by atoms with van der Waals surface area (Å²) in [6, 6.07) is 15.1. The van der Waals surface area contributed by atoms with Gasteiger partial charge >= 0.3 is 0 Å². The molecule has 0 aliphatic rings. The standard InChI is InChI=1S/C20H21N3O3/c1-25-19-7-3-2-5-15(19)10-11-21-16-8-9-18(22-13-16)20(24)23-14-17-6-4-12-26-17/h2-9,12-13,21H,10-11,14H2,1H3,(H,23,24). The number of furan rings is 1. The highest BCUT2D eigenvalue weighted by Gasteiger charge is 2.08. The topological polar surface area (TPSA) is 76.4 Å². The van der Waals surface area contributed by atoms with Gasteiger partial charge in [-0.1, -0.05) is 18.2 Å². The predicted molar refractivity (Wildman–Crippen MR) is 99.3 cm³/mol. The van der Waals surface area contributed by atoms with E-state index in [4.69, 9.17) is 9.15 Å². The molecule has 0 saturated heterocycles. The second-order valence-corrected chi connectivity index (χ2v) is 5.68. The van der Waals surface area contributed by atoms with Crippen LogP contribution in [0.3, 0.4) is 0 Å². The summed E-state index contributed by atoms with van der Waals surface area (Å²) in [4.78, 5) is 16.3. The maximum atomic E-state index is 12.1.